The van der Waals surface area contributed by atoms with Crippen LogP contribution in [0.1, 0.15) is 45.4 Å². The Labute approximate surface area is 116 Å². The fourth-order valence-electron chi connectivity index (χ4n) is 2.52. The molecule has 3 nitrogen and oxygen atoms in total. The lowest BCUT2D eigenvalue weighted by Gasteiger charge is -2.26. The van der Waals surface area contributed by atoms with Crippen LogP contribution in [-0.2, 0) is 4.79 Å². The molecule has 0 heterocycles. The maximum absolute atomic E-state index is 11.7. The monoisotopic (exact) mass is 272 g/mol. The minimum Gasteiger partial charge on any atom is -0.355 e. The number of amides is 1. The summed E-state index contributed by atoms with van der Waals surface area (Å²) in [5, 5.41) is 2.98. The van der Waals surface area contributed by atoms with Gasteiger partial charge >= 0.3 is 0 Å². The quantitative estimate of drug-likeness (QED) is 0.748. The predicted molar refractivity (Wildman–Crippen MR) is 79.7 cm³/mol. The molecule has 1 fully saturated rings. The van der Waals surface area contributed by atoms with Gasteiger partial charge in [-0.2, -0.15) is 11.8 Å². The lowest BCUT2D eigenvalue weighted by Crippen LogP contribution is -2.41. The van der Waals surface area contributed by atoms with Gasteiger partial charge in [-0.05, 0) is 36.7 Å². The van der Waals surface area contributed by atoms with Crippen molar-refractivity contribution in [2.24, 2.45) is 17.6 Å². The van der Waals surface area contributed by atoms with Crippen LogP contribution in [0, 0.1) is 11.8 Å². The van der Waals surface area contributed by atoms with Crippen molar-refractivity contribution < 1.29 is 4.79 Å². The average Bonchev–Trinajstić information content (AvgIpc) is 2.38. The minimum atomic E-state index is -0.330. The number of carbonyl (C=O) groups excluding carboxylic acids is 1. The smallest absolute Gasteiger partial charge is 0.236 e. The Balaban J connectivity index is 2.08. The van der Waals surface area contributed by atoms with Crippen LogP contribution < -0.4 is 11.1 Å². The third kappa shape index (κ3) is 6.10. The second kappa shape index (κ2) is 8.81. The summed E-state index contributed by atoms with van der Waals surface area (Å²) in [4.78, 5) is 11.7. The van der Waals surface area contributed by atoms with E-state index in [4.69, 9.17) is 5.73 Å². The molecular weight excluding hydrogens is 244 g/mol. The molecule has 0 aromatic heterocycles. The van der Waals surface area contributed by atoms with Crippen molar-refractivity contribution in [1.29, 1.82) is 0 Å². The van der Waals surface area contributed by atoms with Crippen molar-refractivity contribution in [1.82, 2.24) is 5.32 Å². The number of carbonyl (C=O) groups is 1. The van der Waals surface area contributed by atoms with E-state index in [0.717, 1.165) is 37.0 Å². The van der Waals surface area contributed by atoms with Crippen LogP contribution in [0.5, 0.6) is 0 Å². The third-order valence-corrected chi connectivity index (χ3v) is 4.60. The van der Waals surface area contributed by atoms with Crippen molar-refractivity contribution in [2.75, 3.05) is 18.6 Å². The second-order valence-electron chi connectivity index (χ2n) is 5.59. The molecule has 1 saturated carbocycles. The van der Waals surface area contributed by atoms with Gasteiger partial charge in [-0.3, -0.25) is 4.79 Å². The standard InChI is InChI=1S/C14H28N2OS/c1-11-3-5-12(6-4-11)7-9-16-14(17)13(15)8-10-18-2/h11-13H,3-10,15H2,1-2H3,(H,16,17)/t11?,12?,13-/m1/s1. The number of thioether (sulfide) groups is 1. The van der Waals surface area contributed by atoms with Gasteiger partial charge < -0.3 is 11.1 Å². The van der Waals surface area contributed by atoms with Crippen LogP contribution in [0.4, 0.5) is 0 Å². The van der Waals surface area contributed by atoms with Gasteiger partial charge in [-0.15, -0.1) is 0 Å². The SMILES string of the molecule is CSCC[C@@H](N)C(=O)NCCC1CCC(C)CC1. The number of hydrogen-bond donors (Lipinski definition) is 2. The van der Waals surface area contributed by atoms with E-state index in [2.05, 4.69) is 12.2 Å². The van der Waals surface area contributed by atoms with E-state index in [-0.39, 0.29) is 11.9 Å². The van der Waals surface area contributed by atoms with Gasteiger partial charge in [0.1, 0.15) is 0 Å². The van der Waals surface area contributed by atoms with Crippen molar-refractivity contribution in [3.63, 3.8) is 0 Å². The molecule has 0 aromatic rings. The Hall–Kier alpha value is -0.220. The lowest BCUT2D eigenvalue weighted by atomic mass is 9.81. The number of nitrogens with one attached hydrogen (secondary N) is 1. The minimum absolute atomic E-state index is 0.0215. The lowest BCUT2D eigenvalue weighted by molar-refractivity contribution is -0.122. The molecule has 1 atom stereocenters. The van der Waals surface area contributed by atoms with E-state index in [1.807, 2.05) is 6.26 Å². The molecule has 1 rings (SSSR count). The average molecular weight is 272 g/mol. The molecule has 0 radical (unpaired) electrons. The Kier molecular flexibility index (Phi) is 7.75. The zero-order chi connectivity index (χ0) is 13.4. The molecule has 3 N–H and O–H groups in total. The highest BCUT2D eigenvalue weighted by atomic mass is 32.2. The highest BCUT2D eigenvalue weighted by Crippen LogP contribution is 2.29. The summed E-state index contributed by atoms with van der Waals surface area (Å²) in [6.07, 6.45) is 9.29. The first-order valence-electron chi connectivity index (χ1n) is 7.15. The highest BCUT2D eigenvalue weighted by Gasteiger charge is 2.18. The van der Waals surface area contributed by atoms with Crippen molar-refractivity contribution in [3.05, 3.63) is 0 Å². The fourth-order valence-corrected chi connectivity index (χ4v) is 3.01. The molecule has 4 heteroatoms. The summed E-state index contributed by atoms with van der Waals surface area (Å²) in [7, 11) is 0. The van der Waals surface area contributed by atoms with Crippen LogP contribution in [0.3, 0.4) is 0 Å². The molecule has 0 aliphatic heterocycles. The number of rotatable bonds is 7. The van der Waals surface area contributed by atoms with Crippen LogP contribution in [0.25, 0.3) is 0 Å². The van der Waals surface area contributed by atoms with Gasteiger partial charge in [0, 0.05) is 6.54 Å². The number of nitrogens with two attached hydrogens (primary N) is 1. The zero-order valence-corrected chi connectivity index (χ0v) is 12.6. The van der Waals surface area contributed by atoms with Crippen LogP contribution >= 0.6 is 11.8 Å². The Morgan fingerprint density at radius 1 is 1.39 bits per heavy atom. The molecular formula is C14H28N2OS. The molecule has 1 aliphatic rings. The first-order chi connectivity index (χ1) is 8.63. The van der Waals surface area contributed by atoms with Crippen LogP contribution in [0.2, 0.25) is 0 Å². The van der Waals surface area contributed by atoms with Crippen LogP contribution in [-0.4, -0.2) is 30.5 Å². The van der Waals surface area contributed by atoms with E-state index < -0.39 is 0 Å². The third-order valence-electron chi connectivity index (χ3n) is 3.96. The van der Waals surface area contributed by atoms with Gasteiger partial charge in [0.15, 0.2) is 0 Å². The first kappa shape index (κ1) is 15.8. The maximum Gasteiger partial charge on any atom is 0.236 e. The van der Waals surface area contributed by atoms with E-state index >= 15 is 0 Å². The molecule has 106 valence electrons. The number of hydrogen-bond acceptors (Lipinski definition) is 3. The summed E-state index contributed by atoms with van der Waals surface area (Å²) < 4.78 is 0. The second-order valence-corrected chi connectivity index (χ2v) is 6.58. The summed E-state index contributed by atoms with van der Waals surface area (Å²) in [6, 6.07) is -0.330. The van der Waals surface area contributed by atoms with Gasteiger partial charge in [0.05, 0.1) is 6.04 Å². The predicted octanol–water partition coefficient (Wildman–Crippen LogP) is 2.40. The Morgan fingerprint density at radius 3 is 2.67 bits per heavy atom. The molecule has 0 bridgehead atoms. The molecule has 0 saturated heterocycles. The summed E-state index contributed by atoms with van der Waals surface area (Å²) in [6.45, 7) is 3.13. The van der Waals surface area contributed by atoms with Gasteiger partial charge in [-0.25, -0.2) is 0 Å². The Bertz CT molecular complexity index is 240. The van der Waals surface area contributed by atoms with E-state index in [1.54, 1.807) is 11.8 Å². The van der Waals surface area contributed by atoms with E-state index in [9.17, 15) is 4.79 Å². The van der Waals surface area contributed by atoms with Crippen LogP contribution in [0.15, 0.2) is 0 Å². The van der Waals surface area contributed by atoms with Gasteiger partial charge in [0.2, 0.25) is 5.91 Å². The van der Waals surface area contributed by atoms with Gasteiger partial charge in [-0.1, -0.05) is 32.6 Å². The van der Waals surface area contributed by atoms with Crippen molar-refractivity contribution in [2.45, 2.75) is 51.5 Å². The normalized spacial score (nSPS) is 25.7. The van der Waals surface area contributed by atoms with Gasteiger partial charge in [0.25, 0.3) is 0 Å². The first-order valence-corrected chi connectivity index (χ1v) is 8.55. The molecule has 0 spiro atoms. The summed E-state index contributed by atoms with van der Waals surface area (Å²) >= 11 is 1.73. The fraction of sp³-hybridized carbons (Fsp3) is 0.929. The van der Waals surface area contributed by atoms with E-state index in [1.165, 1.54) is 25.7 Å². The summed E-state index contributed by atoms with van der Waals surface area (Å²) in [5.74, 6) is 2.68. The van der Waals surface area contributed by atoms with Crippen molar-refractivity contribution in [3.8, 4) is 0 Å². The summed E-state index contributed by atoms with van der Waals surface area (Å²) in [5.41, 5.74) is 5.82. The maximum atomic E-state index is 11.7. The van der Waals surface area contributed by atoms with E-state index in [0.29, 0.717) is 0 Å². The molecule has 18 heavy (non-hydrogen) atoms. The zero-order valence-electron chi connectivity index (χ0n) is 11.8. The molecule has 1 amide bonds. The highest BCUT2D eigenvalue weighted by molar-refractivity contribution is 7.98. The molecule has 0 aromatic carbocycles. The largest absolute Gasteiger partial charge is 0.355 e. The van der Waals surface area contributed by atoms with Crippen molar-refractivity contribution >= 4 is 17.7 Å². The Morgan fingerprint density at radius 2 is 2.06 bits per heavy atom. The molecule has 0 unspecified atom stereocenters. The molecule has 1 aliphatic carbocycles. The topological polar surface area (TPSA) is 55.1 Å².